The first-order valence-electron chi connectivity index (χ1n) is 9.26. The van der Waals surface area contributed by atoms with Gasteiger partial charge in [-0.2, -0.15) is 0 Å². The minimum Gasteiger partial charge on any atom is -0.370 e. The summed E-state index contributed by atoms with van der Waals surface area (Å²) in [6, 6.07) is 16.1. The first-order chi connectivity index (χ1) is 13.5. The number of aromatic amines is 1. The zero-order valence-corrected chi connectivity index (χ0v) is 16.2. The molecular weight excluding hydrogens is 374 g/mol. The lowest BCUT2D eigenvalue weighted by Crippen LogP contribution is -2.39. The third-order valence-electron chi connectivity index (χ3n) is 5.33. The van der Waals surface area contributed by atoms with Crippen LogP contribution in [0.4, 0.5) is 5.69 Å². The molecule has 6 nitrogen and oxygen atoms in total. The van der Waals surface area contributed by atoms with Gasteiger partial charge in [-0.05, 0) is 31.0 Å². The van der Waals surface area contributed by atoms with Crippen LogP contribution in [0, 0.1) is 5.92 Å². The Morgan fingerprint density at radius 3 is 2.32 bits per heavy atom. The third-order valence-corrected chi connectivity index (χ3v) is 7.11. The van der Waals surface area contributed by atoms with Gasteiger partial charge in [-0.15, -0.1) is 0 Å². The highest BCUT2D eigenvalue weighted by molar-refractivity contribution is 7.91. The van der Waals surface area contributed by atoms with E-state index in [1.165, 1.54) is 0 Å². The van der Waals surface area contributed by atoms with Gasteiger partial charge in [-0.3, -0.25) is 4.79 Å². The zero-order chi connectivity index (χ0) is 19.7. The summed E-state index contributed by atoms with van der Waals surface area (Å²) in [7, 11) is -3.70. The average Bonchev–Trinajstić information content (AvgIpc) is 2.73. The molecule has 144 valence electrons. The molecule has 0 bridgehead atoms. The summed E-state index contributed by atoms with van der Waals surface area (Å²) in [5.74, 6) is -0.449. The van der Waals surface area contributed by atoms with Crippen LogP contribution < -0.4 is 15.6 Å². The van der Waals surface area contributed by atoms with Crippen LogP contribution in [0.2, 0.25) is 0 Å². The molecule has 0 radical (unpaired) electrons. The first kappa shape index (κ1) is 18.4. The number of hydrogen-bond donors (Lipinski definition) is 1. The SMILES string of the molecule is NC(=O)C1CCN(c2c(S(=O)(=O)c3ccccc3)c[nH+]c3ccccc23)CC1. The Morgan fingerprint density at radius 1 is 1.00 bits per heavy atom. The summed E-state index contributed by atoms with van der Waals surface area (Å²) in [6.45, 7) is 1.16. The van der Waals surface area contributed by atoms with Crippen LogP contribution in [0.5, 0.6) is 0 Å². The smallest absolute Gasteiger partial charge is 0.220 e. The molecule has 1 amide bonds. The van der Waals surface area contributed by atoms with Gasteiger partial charge < -0.3 is 10.6 Å². The number of hydrogen-bond acceptors (Lipinski definition) is 4. The maximum Gasteiger partial charge on any atom is 0.220 e. The molecule has 0 aliphatic carbocycles. The lowest BCUT2D eigenvalue weighted by molar-refractivity contribution is -0.347. The summed E-state index contributed by atoms with van der Waals surface area (Å²) in [5, 5.41) is 0.844. The average molecular weight is 396 g/mol. The number of piperidine rings is 1. The maximum atomic E-state index is 13.4. The van der Waals surface area contributed by atoms with Crippen molar-refractivity contribution in [1.29, 1.82) is 0 Å². The van der Waals surface area contributed by atoms with Crippen molar-refractivity contribution in [3.8, 4) is 0 Å². The molecule has 0 atom stereocenters. The number of aromatic nitrogens is 1. The number of amides is 1. The predicted molar refractivity (Wildman–Crippen MR) is 107 cm³/mol. The molecular formula is C21H22N3O3S+. The molecule has 1 aliphatic heterocycles. The summed E-state index contributed by atoms with van der Waals surface area (Å²) < 4.78 is 26.8. The van der Waals surface area contributed by atoms with Crippen molar-refractivity contribution in [3.05, 3.63) is 60.8 Å². The molecule has 1 fully saturated rings. The van der Waals surface area contributed by atoms with Gasteiger partial charge >= 0.3 is 0 Å². The van der Waals surface area contributed by atoms with Crippen molar-refractivity contribution in [3.63, 3.8) is 0 Å². The number of carbonyl (C=O) groups excluding carboxylic acids is 1. The number of primary amides is 1. The van der Waals surface area contributed by atoms with Crippen molar-refractivity contribution in [1.82, 2.24) is 0 Å². The molecule has 28 heavy (non-hydrogen) atoms. The van der Waals surface area contributed by atoms with Gasteiger partial charge in [0, 0.05) is 25.1 Å². The van der Waals surface area contributed by atoms with E-state index in [-0.39, 0.29) is 21.6 Å². The molecule has 4 rings (SSSR count). The molecule has 0 spiro atoms. The molecule has 1 aromatic heterocycles. The highest BCUT2D eigenvalue weighted by Gasteiger charge is 2.32. The normalized spacial score (nSPS) is 15.6. The topological polar surface area (TPSA) is 94.6 Å². The molecule has 1 saturated heterocycles. The first-order valence-corrected chi connectivity index (χ1v) is 10.7. The number of anilines is 1. The minimum absolute atomic E-state index is 0.160. The number of H-pyrrole nitrogens is 1. The Balaban J connectivity index is 1.87. The quantitative estimate of drug-likeness (QED) is 0.731. The predicted octanol–water partition coefficient (Wildman–Crippen LogP) is 2.19. The van der Waals surface area contributed by atoms with Crippen LogP contribution in [0.25, 0.3) is 10.9 Å². The number of para-hydroxylation sites is 1. The number of sulfone groups is 1. The third kappa shape index (κ3) is 3.22. The highest BCUT2D eigenvalue weighted by Crippen LogP contribution is 2.36. The van der Waals surface area contributed by atoms with Crippen molar-refractivity contribution in [2.45, 2.75) is 22.6 Å². The van der Waals surface area contributed by atoms with E-state index in [1.54, 1.807) is 36.5 Å². The number of rotatable bonds is 4. The number of nitrogens with two attached hydrogens (primary N) is 1. The van der Waals surface area contributed by atoms with Crippen LogP contribution in [-0.4, -0.2) is 27.4 Å². The van der Waals surface area contributed by atoms with Crippen LogP contribution >= 0.6 is 0 Å². The van der Waals surface area contributed by atoms with Crippen molar-refractivity contribution in [2.75, 3.05) is 18.0 Å². The van der Waals surface area contributed by atoms with Crippen LogP contribution in [0.1, 0.15) is 12.8 Å². The highest BCUT2D eigenvalue weighted by atomic mass is 32.2. The van der Waals surface area contributed by atoms with Crippen LogP contribution in [-0.2, 0) is 14.6 Å². The van der Waals surface area contributed by atoms with Crippen molar-refractivity contribution in [2.24, 2.45) is 11.7 Å². The Kier molecular flexibility index (Phi) is 4.77. The number of pyridine rings is 1. The fourth-order valence-corrected chi connectivity index (χ4v) is 5.28. The van der Waals surface area contributed by atoms with Crippen LogP contribution in [0.3, 0.4) is 0 Å². The van der Waals surface area contributed by atoms with Crippen LogP contribution in [0.15, 0.2) is 70.6 Å². The molecule has 3 N–H and O–H groups in total. The van der Waals surface area contributed by atoms with Gasteiger partial charge in [0.25, 0.3) is 0 Å². The minimum atomic E-state index is -3.70. The van der Waals surface area contributed by atoms with E-state index in [0.717, 1.165) is 10.9 Å². The van der Waals surface area contributed by atoms with Gasteiger partial charge in [-0.25, -0.2) is 13.4 Å². The lowest BCUT2D eigenvalue weighted by Gasteiger charge is -2.33. The summed E-state index contributed by atoms with van der Waals surface area (Å²) in [6.07, 6.45) is 2.81. The molecule has 1 aliphatic rings. The van der Waals surface area contributed by atoms with E-state index < -0.39 is 9.84 Å². The Hall–Kier alpha value is -2.93. The standard InChI is InChI=1S/C21H21N3O3S/c22-21(25)15-10-12-24(13-11-15)20-17-8-4-5-9-18(17)23-14-19(20)28(26,27)16-6-2-1-3-7-16/h1-9,14-15H,10-13H2,(H2,22,25)/p+1. The Bertz CT molecular complexity index is 1120. The van der Waals surface area contributed by atoms with Crippen molar-refractivity contribution >= 4 is 32.3 Å². The fraction of sp³-hybridized carbons (Fsp3) is 0.238. The summed E-state index contributed by atoms with van der Waals surface area (Å²) >= 11 is 0. The van der Waals surface area contributed by atoms with Gasteiger partial charge in [0.05, 0.1) is 16.0 Å². The molecule has 2 aromatic carbocycles. The number of benzene rings is 2. The van der Waals surface area contributed by atoms with E-state index in [4.69, 9.17) is 5.73 Å². The second-order valence-electron chi connectivity index (χ2n) is 7.03. The zero-order valence-electron chi connectivity index (χ0n) is 15.3. The number of fused-ring (bicyclic) bond motifs is 1. The van der Waals surface area contributed by atoms with Gasteiger partial charge in [0.15, 0.2) is 11.1 Å². The van der Waals surface area contributed by atoms with Gasteiger partial charge in [0.2, 0.25) is 21.3 Å². The molecule has 2 heterocycles. The molecule has 0 saturated carbocycles. The Morgan fingerprint density at radius 2 is 1.64 bits per heavy atom. The monoisotopic (exact) mass is 396 g/mol. The number of nitrogens with one attached hydrogen (secondary N) is 1. The van der Waals surface area contributed by atoms with E-state index >= 15 is 0 Å². The molecule has 0 unspecified atom stereocenters. The maximum absolute atomic E-state index is 13.4. The Labute approximate surface area is 163 Å². The second-order valence-corrected chi connectivity index (χ2v) is 8.95. The fourth-order valence-electron chi connectivity index (χ4n) is 3.81. The number of carbonyl (C=O) groups is 1. The van der Waals surface area contributed by atoms with E-state index in [9.17, 15) is 13.2 Å². The number of nitrogens with zero attached hydrogens (tertiary/aromatic N) is 1. The van der Waals surface area contributed by atoms with E-state index in [2.05, 4.69) is 9.88 Å². The van der Waals surface area contributed by atoms with Gasteiger partial charge in [-0.1, -0.05) is 30.3 Å². The lowest BCUT2D eigenvalue weighted by atomic mass is 9.95. The summed E-state index contributed by atoms with van der Waals surface area (Å²) in [5.41, 5.74) is 7.00. The largest absolute Gasteiger partial charge is 0.370 e. The van der Waals surface area contributed by atoms with E-state index in [1.807, 2.05) is 24.3 Å². The summed E-state index contributed by atoms with van der Waals surface area (Å²) in [4.78, 5) is 17.2. The van der Waals surface area contributed by atoms with Gasteiger partial charge in [0.1, 0.15) is 0 Å². The van der Waals surface area contributed by atoms with E-state index in [0.29, 0.717) is 31.6 Å². The molecule has 3 aromatic rings. The van der Waals surface area contributed by atoms with Crippen molar-refractivity contribution < 1.29 is 18.2 Å². The second kappa shape index (κ2) is 7.24. The molecule has 7 heteroatoms.